The lowest BCUT2D eigenvalue weighted by Crippen LogP contribution is -2.17. The number of para-hydroxylation sites is 1. The Labute approximate surface area is 96.1 Å². The standard InChI is InChI=1S/C14H18N2/c1-10(15)13-7-2-4-11-8-9-16(14(11)13)12-5-3-6-12/h2,4,7-10,12H,3,5-6,15H2,1H3. The largest absolute Gasteiger partial charge is 0.344 e. The van der Waals surface area contributed by atoms with Gasteiger partial charge in [0.15, 0.2) is 0 Å². The number of hydrogen-bond acceptors (Lipinski definition) is 1. The van der Waals surface area contributed by atoms with Crippen molar-refractivity contribution >= 4 is 10.9 Å². The first kappa shape index (κ1) is 9.91. The molecule has 2 heteroatoms. The van der Waals surface area contributed by atoms with Gasteiger partial charge in [-0.3, -0.25) is 0 Å². The summed E-state index contributed by atoms with van der Waals surface area (Å²) in [5.41, 5.74) is 8.68. The van der Waals surface area contributed by atoms with E-state index in [0.717, 1.165) is 0 Å². The Balaban J connectivity index is 2.21. The molecule has 1 saturated carbocycles. The maximum absolute atomic E-state index is 6.05. The predicted octanol–water partition coefficient (Wildman–Crippen LogP) is 3.39. The smallest absolute Gasteiger partial charge is 0.0531 e. The molecule has 2 N–H and O–H groups in total. The van der Waals surface area contributed by atoms with Crippen molar-refractivity contribution in [3.63, 3.8) is 0 Å². The van der Waals surface area contributed by atoms with Gasteiger partial charge in [-0.25, -0.2) is 0 Å². The van der Waals surface area contributed by atoms with E-state index in [0.29, 0.717) is 6.04 Å². The van der Waals surface area contributed by atoms with E-state index >= 15 is 0 Å². The molecule has 0 radical (unpaired) electrons. The summed E-state index contributed by atoms with van der Waals surface area (Å²) in [4.78, 5) is 0. The highest BCUT2D eigenvalue weighted by molar-refractivity contribution is 5.84. The normalized spacial score (nSPS) is 18.6. The first-order chi connectivity index (χ1) is 7.77. The van der Waals surface area contributed by atoms with E-state index in [-0.39, 0.29) is 6.04 Å². The van der Waals surface area contributed by atoms with E-state index in [9.17, 15) is 0 Å². The van der Waals surface area contributed by atoms with Crippen LogP contribution in [-0.4, -0.2) is 4.57 Å². The highest BCUT2D eigenvalue weighted by atomic mass is 15.0. The molecule has 1 heterocycles. The number of nitrogens with two attached hydrogens (primary N) is 1. The quantitative estimate of drug-likeness (QED) is 0.816. The molecule has 0 aliphatic heterocycles. The first-order valence-corrected chi connectivity index (χ1v) is 6.12. The molecule has 1 aromatic heterocycles. The van der Waals surface area contributed by atoms with Crippen molar-refractivity contribution in [3.05, 3.63) is 36.0 Å². The summed E-state index contributed by atoms with van der Waals surface area (Å²) in [6.07, 6.45) is 6.22. The zero-order valence-electron chi connectivity index (χ0n) is 9.69. The number of rotatable bonds is 2. The van der Waals surface area contributed by atoms with Crippen molar-refractivity contribution in [2.24, 2.45) is 5.73 Å². The van der Waals surface area contributed by atoms with Crippen LogP contribution >= 0.6 is 0 Å². The van der Waals surface area contributed by atoms with Gasteiger partial charge in [-0.2, -0.15) is 0 Å². The first-order valence-electron chi connectivity index (χ1n) is 6.12. The van der Waals surface area contributed by atoms with Crippen LogP contribution in [0.15, 0.2) is 30.5 Å². The number of benzene rings is 1. The second-order valence-corrected chi connectivity index (χ2v) is 4.88. The van der Waals surface area contributed by atoms with Crippen LogP contribution in [-0.2, 0) is 0 Å². The van der Waals surface area contributed by atoms with E-state index in [1.807, 2.05) is 0 Å². The lowest BCUT2D eigenvalue weighted by Gasteiger charge is -2.29. The van der Waals surface area contributed by atoms with E-state index in [1.165, 1.54) is 35.7 Å². The topological polar surface area (TPSA) is 30.9 Å². The van der Waals surface area contributed by atoms with Crippen molar-refractivity contribution in [1.82, 2.24) is 4.57 Å². The Hall–Kier alpha value is -1.28. The van der Waals surface area contributed by atoms with Gasteiger partial charge in [0.1, 0.15) is 0 Å². The van der Waals surface area contributed by atoms with E-state index < -0.39 is 0 Å². The molecule has 3 rings (SSSR count). The van der Waals surface area contributed by atoms with Crippen LogP contribution in [0.3, 0.4) is 0 Å². The second kappa shape index (κ2) is 3.63. The Morgan fingerprint density at radius 1 is 1.31 bits per heavy atom. The van der Waals surface area contributed by atoms with Gasteiger partial charge in [0.05, 0.1) is 5.52 Å². The van der Waals surface area contributed by atoms with Gasteiger partial charge in [0.2, 0.25) is 0 Å². The summed E-state index contributed by atoms with van der Waals surface area (Å²) < 4.78 is 2.43. The SMILES string of the molecule is CC(N)c1cccc2ccn(C3CCC3)c12. The van der Waals surface area contributed by atoms with Crippen LogP contribution in [0, 0.1) is 0 Å². The number of aromatic nitrogens is 1. The average Bonchev–Trinajstić information content (AvgIpc) is 2.59. The van der Waals surface area contributed by atoms with E-state index in [4.69, 9.17) is 5.73 Å². The summed E-state index contributed by atoms with van der Waals surface area (Å²) in [6.45, 7) is 2.06. The summed E-state index contributed by atoms with van der Waals surface area (Å²) >= 11 is 0. The Bertz CT molecular complexity index is 506. The van der Waals surface area contributed by atoms with Gasteiger partial charge in [-0.15, -0.1) is 0 Å². The zero-order chi connectivity index (χ0) is 11.1. The van der Waals surface area contributed by atoms with Gasteiger partial charge in [0.25, 0.3) is 0 Å². The molecule has 1 atom stereocenters. The Morgan fingerprint density at radius 3 is 2.75 bits per heavy atom. The lowest BCUT2D eigenvalue weighted by atomic mass is 9.92. The summed E-state index contributed by atoms with van der Waals surface area (Å²) in [6, 6.07) is 9.46. The maximum atomic E-state index is 6.05. The van der Waals surface area contributed by atoms with Crippen molar-refractivity contribution < 1.29 is 0 Å². The Kier molecular flexibility index (Phi) is 2.25. The van der Waals surface area contributed by atoms with Crippen molar-refractivity contribution in [2.45, 2.75) is 38.3 Å². The molecule has 1 unspecified atom stereocenters. The minimum absolute atomic E-state index is 0.109. The molecule has 84 valence electrons. The van der Waals surface area contributed by atoms with Gasteiger partial charge in [-0.1, -0.05) is 18.2 Å². The molecule has 0 bridgehead atoms. The van der Waals surface area contributed by atoms with Gasteiger partial charge in [-0.05, 0) is 43.2 Å². The average molecular weight is 214 g/mol. The van der Waals surface area contributed by atoms with Crippen LogP contribution in [0.25, 0.3) is 10.9 Å². The van der Waals surface area contributed by atoms with Crippen LogP contribution < -0.4 is 5.73 Å². The predicted molar refractivity (Wildman–Crippen MR) is 67.4 cm³/mol. The molecule has 2 aromatic rings. The summed E-state index contributed by atoms with van der Waals surface area (Å²) in [5.74, 6) is 0. The summed E-state index contributed by atoms with van der Waals surface area (Å²) in [5, 5.41) is 1.32. The third kappa shape index (κ3) is 1.37. The fraction of sp³-hybridized carbons (Fsp3) is 0.429. The highest BCUT2D eigenvalue weighted by Crippen LogP contribution is 2.36. The molecule has 1 fully saturated rings. The Morgan fingerprint density at radius 2 is 2.12 bits per heavy atom. The lowest BCUT2D eigenvalue weighted by molar-refractivity contribution is 0.321. The minimum Gasteiger partial charge on any atom is -0.344 e. The fourth-order valence-corrected chi connectivity index (χ4v) is 2.58. The van der Waals surface area contributed by atoms with Crippen molar-refractivity contribution in [2.75, 3.05) is 0 Å². The molecule has 0 saturated heterocycles. The third-order valence-corrected chi connectivity index (χ3v) is 3.73. The molecule has 1 aliphatic carbocycles. The molecular weight excluding hydrogens is 196 g/mol. The molecule has 0 amide bonds. The summed E-state index contributed by atoms with van der Waals surface area (Å²) in [7, 11) is 0. The fourth-order valence-electron chi connectivity index (χ4n) is 2.58. The van der Waals surface area contributed by atoms with Crippen LogP contribution in [0.5, 0.6) is 0 Å². The second-order valence-electron chi connectivity index (χ2n) is 4.88. The van der Waals surface area contributed by atoms with Gasteiger partial charge >= 0.3 is 0 Å². The van der Waals surface area contributed by atoms with Gasteiger partial charge < -0.3 is 10.3 Å². The molecular formula is C14H18N2. The molecule has 1 aromatic carbocycles. The molecule has 1 aliphatic rings. The number of nitrogens with zero attached hydrogens (tertiary/aromatic N) is 1. The van der Waals surface area contributed by atoms with Crippen LogP contribution in [0.2, 0.25) is 0 Å². The number of fused-ring (bicyclic) bond motifs is 1. The molecule has 2 nitrogen and oxygen atoms in total. The van der Waals surface area contributed by atoms with Crippen molar-refractivity contribution in [1.29, 1.82) is 0 Å². The van der Waals surface area contributed by atoms with Gasteiger partial charge in [0, 0.05) is 18.3 Å². The maximum Gasteiger partial charge on any atom is 0.0531 e. The molecule has 16 heavy (non-hydrogen) atoms. The molecule has 0 spiro atoms. The van der Waals surface area contributed by atoms with E-state index in [1.54, 1.807) is 0 Å². The van der Waals surface area contributed by atoms with Crippen LogP contribution in [0.4, 0.5) is 0 Å². The minimum atomic E-state index is 0.109. The van der Waals surface area contributed by atoms with Crippen LogP contribution in [0.1, 0.15) is 43.8 Å². The number of hydrogen-bond donors (Lipinski definition) is 1. The third-order valence-electron chi connectivity index (χ3n) is 3.73. The van der Waals surface area contributed by atoms with E-state index in [2.05, 4.69) is 42.0 Å². The van der Waals surface area contributed by atoms with Crippen molar-refractivity contribution in [3.8, 4) is 0 Å². The monoisotopic (exact) mass is 214 g/mol. The highest BCUT2D eigenvalue weighted by Gasteiger charge is 2.21. The zero-order valence-corrected chi connectivity index (χ0v) is 9.69.